The van der Waals surface area contributed by atoms with E-state index >= 15 is 0 Å². The number of rotatable bonds is 5. The minimum absolute atomic E-state index is 0.841. The Morgan fingerprint density at radius 3 is 3.06 bits per heavy atom. The summed E-state index contributed by atoms with van der Waals surface area (Å²) in [5.41, 5.74) is 0. The van der Waals surface area contributed by atoms with Crippen LogP contribution in [-0.4, -0.2) is 24.6 Å². The number of pyridine rings is 1. The van der Waals surface area contributed by atoms with Gasteiger partial charge in [-0.25, -0.2) is 4.98 Å². The van der Waals surface area contributed by atoms with Crippen molar-refractivity contribution in [3.05, 3.63) is 18.2 Å². The first-order chi connectivity index (χ1) is 8.83. The molecule has 2 heterocycles. The number of nitrogens with zero attached hydrogens (tertiary/aromatic N) is 2. The molecule has 1 aromatic heterocycles. The highest BCUT2D eigenvalue weighted by molar-refractivity contribution is 5.47. The minimum atomic E-state index is 0.841. The summed E-state index contributed by atoms with van der Waals surface area (Å²) in [5.74, 6) is 2.98. The zero-order valence-electron chi connectivity index (χ0n) is 11.7. The fourth-order valence-electron chi connectivity index (χ4n) is 2.56. The summed E-state index contributed by atoms with van der Waals surface area (Å²) >= 11 is 0. The number of nitrogens with one attached hydrogen (secondary N) is 1. The van der Waals surface area contributed by atoms with Crippen LogP contribution < -0.4 is 10.2 Å². The van der Waals surface area contributed by atoms with E-state index in [9.17, 15) is 0 Å². The Balaban J connectivity index is 2.02. The van der Waals surface area contributed by atoms with Crippen molar-refractivity contribution in [1.29, 1.82) is 0 Å². The molecule has 1 aliphatic heterocycles. The molecule has 100 valence electrons. The molecule has 0 bridgehead atoms. The van der Waals surface area contributed by atoms with Crippen LogP contribution >= 0.6 is 0 Å². The van der Waals surface area contributed by atoms with E-state index in [1.807, 2.05) is 0 Å². The van der Waals surface area contributed by atoms with E-state index in [-0.39, 0.29) is 0 Å². The van der Waals surface area contributed by atoms with Gasteiger partial charge in [-0.2, -0.15) is 0 Å². The molecule has 1 unspecified atom stereocenters. The quantitative estimate of drug-likeness (QED) is 0.862. The van der Waals surface area contributed by atoms with E-state index in [1.54, 1.807) is 0 Å². The van der Waals surface area contributed by atoms with Crippen LogP contribution in [0, 0.1) is 5.92 Å². The average Bonchev–Trinajstić information content (AvgIpc) is 2.45. The van der Waals surface area contributed by atoms with Gasteiger partial charge < -0.3 is 10.2 Å². The number of aromatic nitrogens is 1. The summed E-state index contributed by atoms with van der Waals surface area (Å²) < 4.78 is 0. The van der Waals surface area contributed by atoms with Crippen molar-refractivity contribution >= 4 is 11.6 Å². The second-order valence-corrected chi connectivity index (χ2v) is 5.17. The number of hydrogen-bond acceptors (Lipinski definition) is 3. The lowest BCUT2D eigenvalue weighted by Crippen LogP contribution is -2.35. The highest BCUT2D eigenvalue weighted by Crippen LogP contribution is 2.24. The van der Waals surface area contributed by atoms with Crippen molar-refractivity contribution in [2.45, 2.75) is 39.5 Å². The lowest BCUT2D eigenvalue weighted by atomic mass is 9.96. The maximum Gasteiger partial charge on any atom is 0.130 e. The van der Waals surface area contributed by atoms with Crippen LogP contribution in [0.25, 0.3) is 0 Å². The van der Waals surface area contributed by atoms with Crippen LogP contribution in [0.15, 0.2) is 18.2 Å². The fourth-order valence-corrected chi connectivity index (χ4v) is 2.56. The first kappa shape index (κ1) is 13.2. The molecule has 0 saturated carbocycles. The van der Waals surface area contributed by atoms with Gasteiger partial charge in [0.15, 0.2) is 0 Å². The number of piperidine rings is 1. The summed E-state index contributed by atoms with van der Waals surface area (Å²) in [6.45, 7) is 7.78. The molecule has 0 aliphatic carbocycles. The molecule has 1 fully saturated rings. The van der Waals surface area contributed by atoms with Gasteiger partial charge in [0, 0.05) is 19.6 Å². The van der Waals surface area contributed by atoms with E-state index in [0.717, 1.165) is 37.1 Å². The zero-order chi connectivity index (χ0) is 12.8. The lowest BCUT2D eigenvalue weighted by molar-refractivity contribution is 0.403. The average molecular weight is 247 g/mol. The summed E-state index contributed by atoms with van der Waals surface area (Å²) in [6, 6.07) is 6.30. The summed E-state index contributed by atoms with van der Waals surface area (Å²) in [7, 11) is 0. The minimum Gasteiger partial charge on any atom is -0.370 e. The summed E-state index contributed by atoms with van der Waals surface area (Å²) in [5, 5.41) is 3.36. The van der Waals surface area contributed by atoms with Crippen LogP contribution in [0.4, 0.5) is 11.6 Å². The van der Waals surface area contributed by atoms with Crippen molar-refractivity contribution in [2.24, 2.45) is 5.92 Å². The van der Waals surface area contributed by atoms with Gasteiger partial charge in [-0.1, -0.05) is 26.3 Å². The van der Waals surface area contributed by atoms with Gasteiger partial charge in [0.05, 0.1) is 0 Å². The van der Waals surface area contributed by atoms with Crippen molar-refractivity contribution in [1.82, 2.24) is 4.98 Å². The van der Waals surface area contributed by atoms with Crippen LogP contribution in [0.3, 0.4) is 0 Å². The van der Waals surface area contributed by atoms with Crippen LogP contribution in [-0.2, 0) is 0 Å². The maximum atomic E-state index is 4.72. The predicted octanol–water partition coefficient (Wildman–Crippen LogP) is 3.53. The van der Waals surface area contributed by atoms with Crippen molar-refractivity contribution in [3.63, 3.8) is 0 Å². The number of hydrogen-bond donors (Lipinski definition) is 1. The topological polar surface area (TPSA) is 28.2 Å². The molecular weight excluding hydrogens is 222 g/mol. The van der Waals surface area contributed by atoms with Crippen LogP contribution in [0.5, 0.6) is 0 Å². The van der Waals surface area contributed by atoms with Crippen LogP contribution in [0.2, 0.25) is 0 Å². The highest BCUT2D eigenvalue weighted by Gasteiger charge is 2.19. The Kier molecular flexibility index (Phi) is 4.85. The van der Waals surface area contributed by atoms with E-state index in [0.29, 0.717) is 0 Å². The predicted molar refractivity (Wildman–Crippen MR) is 78.2 cm³/mol. The molecule has 1 aliphatic rings. The van der Waals surface area contributed by atoms with Gasteiger partial charge in [-0.3, -0.25) is 0 Å². The summed E-state index contributed by atoms with van der Waals surface area (Å²) in [6.07, 6.45) is 5.09. The zero-order valence-corrected chi connectivity index (χ0v) is 11.7. The Labute approximate surface area is 111 Å². The van der Waals surface area contributed by atoms with E-state index < -0.39 is 0 Å². The van der Waals surface area contributed by atoms with Gasteiger partial charge in [0.1, 0.15) is 11.6 Å². The van der Waals surface area contributed by atoms with Gasteiger partial charge in [-0.15, -0.1) is 0 Å². The number of anilines is 2. The van der Waals surface area contributed by atoms with Gasteiger partial charge in [0.2, 0.25) is 0 Å². The second kappa shape index (κ2) is 6.62. The molecule has 2 rings (SSSR count). The highest BCUT2D eigenvalue weighted by atomic mass is 15.2. The normalized spacial score (nSPS) is 19.9. The molecular formula is C15H25N3. The molecule has 1 N–H and O–H groups in total. The first-order valence-corrected chi connectivity index (χ1v) is 7.29. The molecule has 3 nitrogen and oxygen atoms in total. The van der Waals surface area contributed by atoms with Gasteiger partial charge in [0.25, 0.3) is 0 Å². The molecule has 0 radical (unpaired) electrons. The SMILES string of the molecule is CCCNc1cccc(N2CCCC(CC)C2)n1. The Bertz CT molecular complexity index is 365. The second-order valence-electron chi connectivity index (χ2n) is 5.17. The van der Waals surface area contributed by atoms with Crippen molar-refractivity contribution in [2.75, 3.05) is 29.9 Å². The maximum absolute atomic E-state index is 4.72. The Morgan fingerprint density at radius 1 is 1.39 bits per heavy atom. The monoisotopic (exact) mass is 247 g/mol. The van der Waals surface area contributed by atoms with Crippen molar-refractivity contribution in [3.8, 4) is 0 Å². The standard InChI is InChI=1S/C15H25N3/c1-3-10-16-14-8-5-9-15(17-14)18-11-6-7-13(4-2)12-18/h5,8-9,13H,3-4,6-7,10-12H2,1-2H3,(H,16,17). The third kappa shape index (κ3) is 3.37. The van der Waals surface area contributed by atoms with Gasteiger partial charge in [-0.05, 0) is 37.3 Å². The Morgan fingerprint density at radius 2 is 2.28 bits per heavy atom. The molecule has 3 heteroatoms. The van der Waals surface area contributed by atoms with Crippen LogP contribution in [0.1, 0.15) is 39.5 Å². The third-order valence-electron chi connectivity index (χ3n) is 3.71. The van der Waals surface area contributed by atoms with Gasteiger partial charge >= 0.3 is 0 Å². The fraction of sp³-hybridized carbons (Fsp3) is 0.667. The molecule has 18 heavy (non-hydrogen) atoms. The van der Waals surface area contributed by atoms with E-state index in [4.69, 9.17) is 4.98 Å². The van der Waals surface area contributed by atoms with E-state index in [2.05, 4.69) is 42.3 Å². The molecule has 1 saturated heterocycles. The van der Waals surface area contributed by atoms with Crippen molar-refractivity contribution < 1.29 is 0 Å². The molecule has 1 atom stereocenters. The molecule has 0 amide bonds. The largest absolute Gasteiger partial charge is 0.370 e. The smallest absolute Gasteiger partial charge is 0.130 e. The third-order valence-corrected chi connectivity index (χ3v) is 3.71. The first-order valence-electron chi connectivity index (χ1n) is 7.29. The molecule has 0 aromatic carbocycles. The Hall–Kier alpha value is -1.25. The summed E-state index contributed by atoms with van der Waals surface area (Å²) in [4.78, 5) is 7.16. The lowest BCUT2D eigenvalue weighted by Gasteiger charge is -2.33. The molecule has 1 aromatic rings. The molecule has 0 spiro atoms. The van der Waals surface area contributed by atoms with E-state index in [1.165, 1.54) is 25.8 Å².